The largest absolute Gasteiger partial charge is 0.493 e. The highest BCUT2D eigenvalue weighted by Crippen LogP contribution is 2.24. The average Bonchev–Trinajstić information content (AvgIpc) is 2.96. The van der Waals surface area contributed by atoms with Crippen molar-refractivity contribution in [3.63, 3.8) is 0 Å². The second kappa shape index (κ2) is 20.3. The van der Waals surface area contributed by atoms with E-state index in [0.29, 0.717) is 38.4 Å². The highest BCUT2D eigenvalue weighted by Gasteiger charge is 2.11. The summed E-state index contributed by atoms with van der Waals surface area (Å²) in [4.78, 5) is 34.6. The number of para-hydroxylation sites is 1. The number of benzene rings is 2. The Labute approximate surface area is 245 Å². The SMILES string of the molecule is CCOC(=O)CCCCC(C=Cc1ccccc1OCCCCCCOC(C)=O)Cc1ccc(C(=O)OCC)cc1. The third-order valence-electron chi connectivity index (χ3n) is 6.54. The lowest BCUT2D eigenvalue weighted by Crippen LogP contribution is -2.06. The van der Waals surface area contributed by atoms with E-state index in [1.54, 1.807) is 6.92 Å². The second-order valence-corrected chi connectivity index (χ2v) is 9.93. The summed E-state index contributed by atoms with van der Waals surface area (Å²) in [5.74, 6) is 0.404. The number of hydrogen-bond donors (Lipinski definition) is 0. The van der Waals surface area contributed by atoms with Crippen LogP contribution in [0.15, 0.2) is 54.6 Å². The van der Waals surface area contributed by atoms with Crippen LogP contribution in [0.4, 0.5) is 0 Å². The smallest absolute Gasteiger partial charge is 0.338 e. The molecule has 0 amide bonds. The van der Waals surface area contributed by atoms with Gasteiger partial charge in [-0.2, -0.15) is 0 Å². The Kier molecular flexibility index (Phi) is 16.6. The van der Waals surface area contributed by atoms with Crippen molar-refractivity contribution < 1.29 is 33.3 Å². The first kappa shape index (κ1) is 33.6. The number of unbranched alkanes of at least 4 members (excludes halogenated alkanes) is 4. The Morgan fingerprint density at radius 1 is 0.780 bits per heavy atom. The first-order valence-electron chi connectivity index (χ1n) is 14.9. The van der Waals surface area contributed by atoms with Crippen LogP contribution in [0.3, 0.4) is 0 Å². The lowest BCUT2D eigenvalue weighted by atomic mass is 9.92. The summed E-state index contributed by atoms with van der Waals surface area (Å²) in [6, 6.07) is 15.6. The third-order valence-corrected chi connectivity index (χ3v) is 6.54. The maximum absolute atomic E-state index is 12.0. The predicted molar refractivity (Wildman–Crippen MR) is 161 cm³/mol. The summed E-state index contributed by atoms with van der Waals surface area (Å²) in [6.07, 6.45) is 12.0. The van der Waals surface area contributed by atoms with Crippen LogP contribution in [0.1, 0.15) is 93.6 Å². The van der Waals surface area contributed by atoms with Gasteiger partial charge in [0.2, 0.25) is 0 Å². The molecule has 2 rings (SSSR count). The molecule has 0 aliphatic heterocycles. The average molecular weight is 567 g/mol. The van der Waals surface area contributed by atoms with Gasteiger partial charge in [-0.3, -0.25) is 9.59 Å². The van der Waals surface area contributed by atoms with Gasteiger partial charge in [0.05, 0.1) is 32.0 Å². The van der Waals surface area contributed by atoms with E-state index in [0.717, 1.165) is 68.2 Å². The van der Waals surface area contributed by atoms with E-state index in [4.69, 9.17) is 18.9 Å². The molecule has 1 unspecified atom stereocenters. The van der Waals surface area contributed by atoms with E-state index in [9.17, 15) is 14.4 Å². The summed E-state index contributed by atoms with van der Waals surface area (Å²) in [5, 5.41) is 0. The number of rotatable bonds is 20. The van der Waals surface area contributed by atoms with E-state index in [2.05, 4.69) is 18.2 Å². The zero-order chi connectivity index (χ0) is 29.7. The van der Waals surface area contributed by atoms with Crippen molar-refractivity contribution in [3.8, 4) is 5.75 Å². The first-order valence-corrected chi connectivity index (χ1v) is 14.9. The zero-order valence-electron chi connectivity index (χ0n) is 24.9. The Hall–Kier alpha value is -3.61. The monoisotopic (exact) mass is 566 g/mol. The summed E-state index contributed by atoms with van der Waals surface area (Å²) < 4.78 is 21.2. The maximum atomic E-state index is 12.0. The van der Waals surface area contributed by atoms with Crippen LogP contribution in [0.2, 0.25) is 0 Å². The lowest BCUT2D eigenvalue weighted by molar-refractivity contribution is -0.143. The molecule has 0 spiro atoms. The molecule has 0 aliphatic carbocycles. The third kappa shape index (κ3) is 14.5. The number of carbonyl (C=O) groups excluding carboxylic acids is 3. The topological polar surface area (TPSA) is 88.1 Å². The number of ether oxygens (including phenoxy) is 4. The van der Waals surface area contributed by atoms with Gasteiger partial charge in [-0.05, 0) is 88.5 Å². The Bertz CT molecular complexity index is 1070. The molecule has 0 heterocycles. The summed E-state index contributed by atoms with van der Waals surface area (Å²) >= 11 is 0. The summed E-state index contributed by atoms with van der Waals surface area (Å²) in [7, 11) is 0. The summed E-state index contributed by atoms with van der Waals surface area (Å²) in [5.41, 5.74) is 2.71. The molecule has 7 nitrogen and oxygen atoms in total. The van der Waals surface area contributed by atoms with E-state index in [1.165, 1.54) is 6.92 Å². The van der Waals surface area contributed by atoms with Crippen molar-refractivity contribution in [2.75, 3.05) is 26.4 Å². The molecule has 41 heavy (non-hydrogen) atoms. The molecule has 2 aromatic carbocycles. The molecule has 0 aliphatic rings. The van der Waals surface area contributed by atoms with Crippen LogP contribution < -0.4 is 4.74 Å². The minimum atomic E-state index is -0.312. The molecule has 7 heteroatoms. The van der Waals surface area contributed by atoms with Crippen LogP contribution >= 0.6 is 0 Å². The quantitative estimate of drug-likeness (QED) is 0.0940. The molecule has 2 aromatic rings. The number of allylic oxidation sites excluding steroid dienone is 1. The zero-order valence-corrected chi connectivity index (χ0v) is 24.9. The van der Waals surface area contributed by atoms with Crippen molar-refractivity contribution in [3.05, 3.63) is 71.3 Å². The predicted octanol–water partition coefficient (Wildman–Crippen LogP) is 7.36. The van der Waals surface area contributed by atoms with Gasteiger partial charge in [0.1, 0.15) is 5.75 Å². The molecular formula is C34H46O7. The van der Waals surface area contributed by atoms with Crippen molar-refractivity contribution in [2.24, 2.45) is 5.92 Å². The Morgan fingerprint density at radius 2 is 1.49 bits per heavy atom. The number of hydrogen-bond acceptors (Lipinski definition) is 7. The van der Waals surface area contributed by atoms with Crippen LogP contribution in [0.25, 0.3) is 6.08 Å². The van der Waals surface area contributed by atoms with E-state index in [1.807, 2.05) is 49.4 Å². The molecule has 224 valence electrons. The number of esters is 3. The fraction of sp³-hybridized carbons (Fsp3) is 0.500. The van der Waals surface area contributed by atoms with Gasteiger partial charge in [0, 0.05) is 18.9 Å². The fourth-order valence-corrected chi connectivity index (χ4v) is 4.41. The molecule has 0 N–H and O–H groups in total. The Morgan fingerprint density at radius 3 is 2.20 bits per heavy atom. The van der Waals surface area contributed by atoms with Gasteiger partial charge in [0.15, 0.2) is 0 Å². The molecule has 0 aromatic heterocycles. The molecule has 0 saturated heterocycles. The van der Waals surface area contributed by atoms with E-state index < -0.39 is 0 Å². The molecule has 0 radical (unpaired) electrons. The fourth-order valence-electron chi connectivity index (χ4n) is 4.41. The highest BCUT2D eigenvalue weighted by molar-refractivity contribution is 5.89. The van der Waals surface area contributed by atoms with Gasteiger partial charge in [-0.15, -0.1) is 0 Å². The van der Waals surface area contributed by atoms with Gasteiger partial charge >= 0.3 is 17.9 Å². The minimum absolute atomic E-state index is 0.149. The van der Waals surface area contributed by atoms with Gasteiger partial charge in [-0.25, -0.2) is 4.79 Å². The van der Waals surface area contributed by atoms with Crippen molar-refractivity contribution in [2.45, 2.75) is 78.6 Å². The molecular weight excluding hydrogens is 520 g/mol. The van der Waals surface area contributed by atoms with Gasteiger partial charge in [-0.1, -0.05) is 48.9 Å². The van der Waals surface area contributed by atoms with Crippen molar-refractivity contribution >= 4 is 24.0 Å². The molecule has 0 bridgehead atoms. The molecule has 1 atom stereocenters. The summed E-state index contributed by atoms with van der Waals surface area (Å²) in [6.45, 7) is 6.91. The Balaban J connectivity index is 1.98. The van der Waals surface area contributed by atoms with Crippen LogP contribution in [0, 0.1) is 5.92 Å². The molecule has 0 fully saturated rings. The van der Waals surface area contributed by atoms with E-state index in [-0.39, 0.29) is 23.8 Å². The second-order valence-electron chi connectivity index (χ2n) is 9.93. The first-order chi connectivity index (χ1) is 19.9. The maximum Gasteiger partial charge on any atom is 0.338 e. The standard InChI is InChI=1S/C34H46O7/c1-4-38-33(36)17-11-8-14-28(26-29-19-22-31(23-20-29)34(37)39-5-2)18-21-30-15-9-10-16-32(30)41-25-13-7-6-12-24-40-27(3)35/h9-10,15-16,18-23,28H,4-8,11-14,17,24-26H2,1-3H3. The minimum Gasteiger partial charge on any atom is -0.493 e. The van der Waals surface area contributed by atoms with E-state index >= 15 is 0 Å². The van der Waals surface area contributed by atoms with Crippen LogP contribution in [-0.4, -0.2) is 44.3 Å². The van der Waals surface area contributed by atoms with Gasteiger partial charge < -0.3 is 18.9 Å². The number of carbonyl (C=O) groups is 3. The molecule has 0 saturated carbocycles. The van der Waals surface area contributed by atoms with Crippen LogP contribution in [-0.2, 0) is 30.2 Å². The van der Waals surface area contributed by atoms with Crippen LogP contribution in [0.5, 0.6) is 5.75 Å². The van der Waals surface area contributed by atoms with Crippen molar-refractivity contribution in [1.29, 1.82) is 0 Å². The highest BCUT2D eigenvalue weighted by atomic mass is 16.5. The van der Waals surface area contributed by atoms with Crippen molar-refractivity contribution in [1.82, 2.24) is 0 Å². The lowest BCUT2D eigenvalue weighted by Gasteiger charge is -2.14. The normalized spacial score (nSPS) is 11.7. The van der Waals surface area contributed by atoms with Gasteiger partial charge in [0.25, 0.3) is 0 Å².